The first-order valence-electron chi connectivity index (χ1n) is 10.2. The molecular weight excluding hydrogens is 416 g/mol. The van der Waals surface area contributed by atoms with Crippen molar-refractivity contribution in [2.24, 2.45) is 0 Å². The van der Waals surface area contributed by atoms with E-state index < -0.39 is 30.6 Å². The molecule has 0 fully saturated rings. The molecule has 9 nitrogen and oxygen atoms in total. The molecule has 0 heterocycles. The fraction of sp³-hybridized carbons (Fsp3) is 0.348. The number of aliphatic carboxylic acids is 1. The Morgan fingerprint density at radius 1 is 1.03 bits per heavy atom. The molecular formula is C23H28N2O7. The van der Waals surface area contributed by atoms with Crippen molar-refractivity contribution in [2.75, 3.05) is 25.1 Å². The number of anilines is 1. The summed E-state index contributed by atoms with van der Waals surface area (Å²) in [6.07, 6.45) is -0.799. The highest BCUT2D eigenvalue weighted by Crippen LogP contribution is 2.20. The molecule has 2 aromatic carbocycles. The second-order valence-corrected chi connectivity index (χ2v) is 7.02. The van der Waals surface area contributed by atoms with Crippen LogP contribution in [0.15, 0.2) is 54.6 Å². The topological polar surface area (TPSA) is 125 Å². The molecule has 0 bridgehead atoms. The summed E-state index contributed by atoms with van der Waals surface area (Å²) in [7, 11) is 1.50. The van der Waals surface area contributed by atoms with Crippen molar-refractivity contribution in [2.45, 2.75) is 32.0 Å². The average molecular weight is 444 g/mol. The maximum atomic E-state index is 12.6. The van der Waals surface area contributed by atoms with E-state index in [2.05, 4.69) is 5.32 Å². The predicted molar refractivity (Wildman–Crippen MR) is 117 cm³/mol. The number of aliphatic hydroxyl groups is 1. The van der Waals surface area contributed by atoms with Gasteiger partial charge in [-0.15, -0.1) is 0 Å². The summed E-state index contributed by atoms with van der Waals surface area (Å²) in [6, 6.07) is 15.6. The molecule has 0 aliphatic heterocycles. The molecule has 0 aliphatic carbocycles. The van der Waals surface area contributed by atoms with E-state index in [4.69, 9.17) is 14.6 Å². The molecule has 0 radical (unpaired) electrons. The Balaban J connectivity index is 1.74. The van der Waals surface area contributed by atoms with Gasteiger partial charge >= 0.3 is 12.1 Å². The minimum Gasteiger partial charge on any atom is -0.497 e. The van der Waals surface area contributed by atoms with Crippen LogP contribution >= 0.6 is 0 Å². The number of benzene rings is 2. The third kappa shape index (κ3) is 8.27. The zero-order chi connectivity index (χ0) is 23.3. The van der Waals surface area contributed by atoms with E-state index >= 15 is 0 Å². The molecule has 1 atom stereocenters. The maximum Gasteiger partial charge on any atom is 0.407 e. The van der Waals surface area contributed by atoms with Gasteiger partial charge in [0.2, 0.25) is 0 Å². The number of unbranched alkanes of at least 4 members (excludes halogenated alkanes) is 1. The fourth-order valence-electron chi connectivity index (χ4n) is 2.92. The first-order valence-corrected chi connectivity index (χ1v) is 10.2. The van der Waals surface area contributed by atoms with Crippen LogP contribution in [0.25, 0.3) is 0 Å². The van der Waals surface area contributed by atoms with Gasteiger partial charge in [0.05, 0.1) is 7.11 Å². The first-order chi connectivity index (χ1) is 15.4. The zero-order valence-electron chi connectivity index (χ0n) is 17.9. The highest BCUT2D eigenvalue weighted by molar-refractivity contribution is 5.99. The lowest BCUT2D eigenvalue weighted by atomic mass is 10.1. The van der Waals surface area contributed by atoms with Crippen molar-refractivity contribution in [1.29, 1.82) is 0 Å². The number of amides is 2. The average Bonchev–Trinajstić information content (AvgIpc) is 2.81. The van der Waals surface area contributed by atoms with Crippen LogP contribution in [-0.4, -0.2) is 54.5 Å². The Morgan fingerprint density at radius 3 is 2.34 bits per heavy atom. The van der Waals surface area contributed by atoms with Gasteiger partial charge in [-0.25, -0.2) is 4.79 Å². The van der Waals surface area contributed by atoms with Crippen LogP contribution < -0.4 is 15.0 Å². The molecule has 0 unspecified atom stereocenters. The predicted octanol–water partition coefficient (Wildman–Crippen LogP) is 2.57. The van der Waals surface area contributed by atoms with Gasteiger partial charge in [-0.2, -0.15) is 0 Å². The summed E-state index contributed by atoms with van der Waals surface area (Å²) in [5.74, 6) is -1.33. The summed E-state index contributed by atoms with van der Waals surface area (Å²) in [6.45, 7) is -0.0758. The Hall–Kier alpha value is -3.59. The van der Waals surface area contributed by atoms with E-state index in [-0.39, 0.29) is 13.0 Å². The molecule has 2 aromatic rings. The standard InChI is InChI=1S/C23H28N2O7/c1-31-19-12-10-18(11-13-19)25(15-21(27)28)22(29)20(26)9-5-6-14-24-23(30)32-16-17-7-3-2-4-8-17/h2-4,7-8,10-13,20,26H,5-6,9,14-16H2,1H3,(H,24,30)(H,27,28)/t20-/m0/s1. The minimum absolute atomic E-state index is 0.131. The summed E-state index contributed by atoms with van der Waals surface area (Å²) in [5.41, 5.74) is 1.23. The van der Waals surface area contributed by atoms with Crippen LogP contribution in [0.5, 0.6) is 5.75 Å². The largest absolute Gasteiger partial charge is 0.497 e. The monoisotopic (exact) mass is 444 g/mol. The van der Waals surface area contributed by atoms with E-state index in [0.29, 0.717) is 30.8 Å². The number of carbonyl (C=O) groups is 3. The van der Waals surface area contributed by atoms with Gasteiger partial charge in [0.15, 0.2) is 0 Å². The van der Waals surface area contributed by atoms with Crippen molar-refractivity contribution in [3.8, 4) is 5.75 Å². The molecule has 0 aromatic heterocycles. The highest BCUT2D eigenvalue weighted by Gasteiger charge is 2.25. The zero-order valence-corrected chi connectivity index (χ0v) is 17.9. The van der Waals surface area contributed by atoms with Gasteiger partial charge < -0.3 is 25.0 Å². The Kier molecular flexibility index (Phi) is 9.99. The van der Waals surface area contributed by atoms with E-state index in [1.54, 1.807) is 24.3 Å². The van der Waals surface area contributed by atoms with Gasteiger partial charge in [0.25, 0.3) is 5.91 Å². The molecule has 0 saturated carbocycles. The van der Waals surface area contributed by atoms with E-state index in [1.807, 2.05) is 30.3 Å². The number of aliphatic hydroxyl groups excluding tert-OH is 1. The third-order valence-corrected chi connectivity index (χ3v) is 4.61. The van der Waals surface area contributed by atoms with Crippen molar-refractivity contribution in [3.05, 3.63) is 60.2 Å². The van der Waals surface area contributed by atoms with Gasteiger partial charge in [-0.05, 0) is 49.1 Å². The van der Waals surface area contributed by atoms with Crippen LogP contribution in [-0.2, 0) is 20.9 Å². The normalized spacial score (nSPS) is 11.3. The first kappa shape index (κ1) is 24.7. The molecule has 0 spiro atoms. The number of carboxylic acid groups (broad SMARTS) is 1. The summed E-state index contributed by atoms with van der Waals surface area (Å²) >= 11 is 0. The highest BCUT2D eigenvalue weighted by atomic mass is 16.5. The van der Waals surface area contributed by atoms with Crippen molar-refractivity contribution in [3.63, 3.8) is 0 Å². The molecule has 32 heavy (non-hydrogen) atoms. The lowest BCUT2D eigenvalue weighted by Gasteiger charge is -2.24. The van der Waals surface area contributed by atoms with E-state index in [1.165, 1.54) is 7.11 Å². The van der Waals surface area contributed by atoms with Gasteiger partial charge in [0.1, 0.15) is 25.0 Å². The number of rotatable bonds is 12. The number of carboxylic acids is 1. The summed E-state index contributed by atoms with van der Waals surface area (Å²) < 4.78 is 10.2. The maximum absolute atomic E-state index is 12.6. The lowest BCUT2D eigenvalue weighted by Crippen LogP contribution is -2.42. The lowest BCUT2D eigenvalue weighted by molar-refractivity contribution is -0.137. The number of methoxy groups -OCH3 is 1. The van der Waals surface area contributed by atoms with Crippen molar-refractivity contribution in [1.82, 2.24) is 5.32 Å². The van der Waals surface area contributed by atoms with E-state index in [9.17, 15) is 19.5 Å². The SMILES string of the molecule is COc1ccc(N(CC(=O)O)C(=O)[C@@H](O)CCCCNC(=O)OCc2ccccc2)cc1. The van der Waals surface area contributed by atoms with Crippen LogP contribution in [0.3, 0.4) is 0 Å². The molecule has 2 rings (SSSR count). The van der Waals surface area contributed by atoms with E-state index in [0.717, 1.165) is 10.5 Å². The number of nitrogens with zero attached hydrogens (tertiary/aromatic N) is 1. The summed E-state index contributed by atoms with van der Waals surface area (Å²) in [5, 5.41) is 22.0. The number of ether oxygens (including phenoxy) is 2. The van der Waals surface area contributed by atoms with Crippen molar-refractivity contribution >= 4 is 23.7 Å². The molecule has 3 N–H and O–H groups in total. The van der Waals surface area contributed by atoms with Crippen molar-refractivity contribution < 1.29 is 34.1 Å². The van der Waals surface area contributed by atoms with Gasteiger partial charge in [-0.3, -0.25) is 14.5 Å². The van der Waals surface area contributed by atoms with Gasteiger partial charge in [0, 0.05) is 12.2 Å². The molecule has 172 valence electrons. The molecule has 2 amide bonds. The van der Waals surface area contributed by atoms with Crippen LogP contribution in [0, 0.1) is 0 Å². The second-order valence-electron chi connectivity index (χ2n) is 7.02. The van der Waals surface area contributed by atoms with Gasteiger partial charge in [-0.1, -0.05) is 30.3 Å². The van der Waals surface area contributed by atoms with Crippen LogP contribution in [0.4, 0.5) is 10.5 Å². The Bertz CT molecular complexity index is 872. The molecule has 9 heteroatoms. The second kappa shape index (κ2) is 13.0. The smallest absolute Gasteiger partial charge is 0.407 e. The Morgan fingerprint density at radius 2 is 1.72 bits per heavy atom. The Labute approximate surface area is 186 Å². The number of nitrogens with one attached hydrogen (secondary N) is 1. The number of hydrogen-bond acceptors (Lipinski definition) is 6. The molecule has 0 aliphatic rings. The number of alkyl carbamates (subject to hydrolysis) is 1. The van der Waals surface area contributed by atoms with Crippen LogP contribution in [0.1, 0.15) is 24.8 Å². The van der Waals surface area contributed by atoms with Crippen LogP contribution in [0.2, 0.25) is 0 Å². The molecule has 0 saturated heterocycles. The third-order valence-electron chi connectivity index (χ3n) is 4.61. The fourth-order valence-corrected chi connectivity index (χ4v) is 2.92. The minimum atomic E-state index is -1.36. The quantitative estimate of drug-likeness (QED) is 0.430. The summed E-state index contributed by atoms with van der Waals surface area (Å²) in [4.78, 5) is 36.5. The number of carbonyl (C=O) groups excluding carboxylic acids is 2. The number of hydrogen-bond donors (Lipinski definition) is 3.